The molecule has 1 saturated heterocycles. The molecule has 3 nitrogen and oxygen atoms in total. The summed E-state index contributed by atoms with van der Waals surface area (Å²) >= 11 is 0. The molecule has 0 aromatic heterocycles. The molecule has 5 heteroatoms. The zero-order valence-corrected chi connectivity index (χ0v) is 17.9. The van der Waals surface area contributed by atoms with E-state index in [0.29, 0.717) is 17.9 Å². The van der Waals surface area contributed by atoms with E-state index in [-0.39, 0.29) is 29.4 Å². The van der Waals surface area contributed by atoms with Gasteiger partial charge in [-0.3, -0.25) is 9.69 Å². The predicted octanol–water partition coefficient (Wildman–Crippen LogP) is 6.07. The Balaban J connectivity index is 1.42. The number of nitrogens with zero attached hydrogens (tertiary/aromatic N) is 1. The van der Waals surface area contributed by atoms with Gasteiger partial charge in [0.15, 0.2) is 5.78 Å². The lowest BCUT2D eigenvalue weighted by molar-refractivity contribution is 0.0904. The van der Waals surface area contributed by atoms with Crippen molar-refractivity contribution in [3.8, 4) is 5.75 Å². The van der Waals surface area contributed by atoms with Crippen LogP contribution in [0.4, 0.5) is 8.78 Å². The number of carbonyl (C=O) groups is 1. The number of halogens is 2. The summed E-state index contributed by atoms with van der Waals surface area (Å²) in [6.45, 7) is 2.34. The highest BCUT2D eigenvalue weighted by Gasteiger charge is 2.26. The Kier molecular flexibility index (Phi) is 7.28. The number of likely N-dealkylation sites (tertiary alicyclic amines) is 1. The van der Waals surface area contributed by atoms with Crippen molar-refractivity contribution in [2.75, 3.05) is 19.6 Å². The summed E-state index contributed by atoms with van der Waals surface area (Å²) in [5, 5.41) is 0. The third kappa shape index (κ3) is 5.80. The molecule has 32 heavy (non-hydrogen) atoms. The highest BCUT2D eigenvalue weighted by Crippen LogP contribution is 2.27. The van der Waals surface area contributed by atoms with Crippen LogP contribution >= 0.6 is 0 Å². The number of hydrogen-bond donors (Lipinski definition) is 0. The second-order valence-corrected chi connectivity index (χ2v) is 8.27. The van der Waals surface area contributed by atoms with Crippen LogP contribution in [-0.4, -0.2) is 30.3 Å². The van der Waals surface area contributed by atoms with Crippen LogP contribution in [0.3, 0.4) is 0 Å². The van der Waals surface area contributed by atoms with E-state index in [9.17, 15) is 13.6 Å². The summed E-state index contributed by atoms with van der Waals surface area (Å²) in [6.07, 6.45) is 2.29. The van der Waals surface area contributed by atoms with E-state index >= 15 is 0 Å². The molecule has 1 aliphatic rings. The second-order valence-electron chi connectivity index (χ2n) is 8.27. The maximum atomic E-state index is 13.3. The summed E-state index contributed by atoms with van der Waals surface area (Å²) in [5.74, 6) is 0.0341. The zero-order valence-electron chi connectivity index (χ0n) is 17.9. The van der Waals surface area contributed by atoms with Gasteiger partial charge in [-0.25, -0.2) is 8.78 Å². The Morgan fingerprint density at radius 2 is 1.53 bits per heavy atom. The van der Waals surface area contributed by atoms with Crippen LogP contribution in [0, 0.1) is 17.6 Å². The van der Waals surface area contributed by atoms with Crippen molar-refractivity contribution < 1.29 is 18.3 Å². The number of Topliss-reactive ketones (excluding diaryl/α,β-unsaturated/α-hetero) is 1. The second kappa shape index (κ2) is 10.5. The molecule has 2 atom stereocenters. The Bertz CT molecular complexity index is 1010. The maximum Gasteiger partial charge on any atom is 0.165 e. The molecule has 166 valence electrons. The first kappa shape index (κ1) is 22.2. The van der Waals surface area contributed by atoms with Crippen LogP contribution in [0.15, 0.2) is 78.9 Å². The number of hydrogen-bond acceptors (Lipinski definition) is 3. The van der Waals surface area contributed by atoms with E-state index < -0.39 is 0 Å². The van der Waals surface area contributed by atoms with E-state index in [4.69, 9.17) is 4.74 Å². The van der Waals surface area contributed by atoms with Crippen LogP contribution in [0.25, 0.3) is 0 Å². The van der Waals surface area contributed by atoms with Crippen molar-refractivity contribution in [1.29, 1.82) is 0 Å². The molecule has 1 aliphatic heterocycles. The average molecular weight is 436 g/mol. The Morgan fingerprint density at radius 3 is 2.22 bits per heavy atom. The van der Waals surface area contributed by atoms with Crippen molar-refractivity contribution in [3.05, 3.63) is 102 Å². The summed E-state index contributed by atoms with van der Waals surface area (Å²) < 4.78 is 32.7. The van der Waals surface area contributed by atoms with Crippen molar-refractivity contribution in [2.45, 2.75) is 25.4 Å². The fraction of sp³-hybridized carbons (Fsp3) is 0.296. The third-order valence-electron chi connectivity index (χ3n) is 6.01. The van der Waals surface area contributed by atoms with Crippen molar-refractivity contribution >= 4 is 5.78 Å². The normalized spacial score (nSPS) is 18.0. The topological polar surface area (TPSA) is 29.5 Å². The minimum atomic E-state index is -0.332. The summed E-state index contributed by atoms with van der Waals surface area (Å²) in [4.78, 5) is 15.2. The first-order chi connectivity index (χ1) is 15.6. The van der Waals surface area contributed by atoms with Gasteiger partial charge in [0.1, 0.15) is 23.5 Å². The van der Waals surface area contributed by atoms with Gasteiger partial charge in [0.2, 0.25) is 0 Å². The molecule has 0 aliphatic carbocycles. The number of ether oxygens (including phenoxy) is 1. The van der Waals surface area contributed by atoms with Gasteiger partial charge in [-0.05, 0) is 86.4 Å². The standard InChI is InChI=1S/C27H27F2NO2/c28-23-10-8-22(9-11-23)27(31)21-7-4-17-30(18-16-21)19-26(20-5-2-1-3-6-20)32-25-14-12-24(29)13-15-25/h1-3,5-6,8-15,21,26H,4,7,16-19H2. The van der Waals surface area contributed by atoms with E-state index in [2.05, 4.69) is 4.90 Å². The van der Waals surface area contributed by atoms with E-state index in [1.165, 1.54) is 24.3 Å². The van der Waals surface area contributed by atoms with Gasteiger partial charge in [0.25, 0.3) is 0 Å². The minimum absolute atomic E-state index is 0.0568. The van der Waals surface area contributed by atoms with Crippen LogP contribution in [0.1, 0.15) is 41.3 Å². The van der Waals surface area contributed by atoms with Gasteiger partial charge in [-0.2, -0.15) is 0 Å². The van der Waals surface area contributed by atoms with Crippen LogP contribution in [0.2, 0.25) is 0 Å². The van der Waals surface area contributed by atoms with Crippen LogP contribution in [0.5, 0.6) is 5.75 Å². The molecule has 1 heterocycles. The van der Waals surface area contributed by atoms with Crippen molar-refractivity contribution in [3.63, 3.8) is 0 Å². The van der Waals surface area contributed by atoms with Crippen LogP contribution in [-0.2, 0) is 0 Å². The minimum Gasteiger partial charge on any atom is -0.484 e. The van der Waals surface area contributed by atoms with Gasteiger partial charge in [-0.1, -0.05) is 30.3 Å². The number of carbonyl (C=O) groups excluding carboxylic acids is 1. The fourth-order valence-corrected chi connectivity index (χ4v) is 4.24. The lowest BCUT2D eigenvalue weighted by atomic mass is 9.91. The molecular weight excluding hydrogens is 408 g/mol. The number of ketones is 1. The van der Waals surface area contributed by atoms with Crippen molar-refractivity contribution in [1.82, 2.24) is 4.90 Å². The molecule has 2 unspecified atom stereocenters. The van der Waals surface area contributed by atoms with E-state index in [1.54, 1.807) is 24.3 Å². The molecular formula is C27H27F2NO2. The predicted molar refractivity (Wildman–Crippen MR) is 121 cm³/mol. The monoisotopic (exact) mass is 435 g/mol. The molecule has 3 aromatic carbocycles. The highest BCUT2D eigenvalue weighted by molar-refractivity contribution is 5.97. The average Bonchev–Trinajstić information content (AvgIpc) is 3.06. The number of rotatable bonds is 7. The highest BCUT2D eigenvalue weighted by atomic mass is 19.1. The van der Waals surface area contributed by atoms with E-state index in [1.807, 2.05) is 30.3 Å². The molecule has 0 bridgehead atoms. The molecule has 3 aromatic rings. The van der Waals surface area contributed by atoms with Crippen LogP contribution < -0.4 is 4.74 Å². The van der Waals surface area contributed by atoms with E-state index in [0.717, 1.165) is 37.9 Å². The molecule has 0 radical (unpaired) electrons. The Hall–Kier alpha value is -3.05. The molecule has 1 fully saturated rings. The Labute approximate surface area is 187 Å². The fourth-order valence-electron chi connectivity index (χ4n) is 4.24. The third-order valence-corrected chi connectivity index (χ3v) is 6.01. The quantitative estimate of drug-likeness (QED) is 0.422. The SMILES string of the molecule is O=C(c1ccc(F)cc1)C1CCCN(CC(Oc2ccc(F)cc2)c2ccccc2)CC1. The lowest BCUT2D eigenvalue weighted by Crippen LogP contribution is -2.32. The summed E-state index contributed by atoms with van der Waals surface area (Å²) in [7, 11) is 0. The maximum absolute atomic E-state index is 13.3. The first-order valence-corrected chi connectivity index (χ1v) is 11.1. The van der Waals surface area contributed by atoms with Gasteiger partial charge >= 0.3 is 0 Å². The molecule has 0 N–H and O–H groups in total. The Morgan fingerprint density at radius 1 is 0.875 bits per heavy atom. The summed E-state index contributed by atoms with van der Waals surface area (Å²) in [5.41, 5.74) is 1.63. The lowest BCUT2D eigenvalue weighted by Gasteiger charge is -2.27. The summed E-state index contributed by atoms with van der Waals surface area (Å²) in [6, 6.07) is 21.9. The smallest absolute Gasteiger partial charge is 0.165 e. The molecule has 0 spiro atoms. The largest absolute Gasteiger partial charge is 0.484 e. The molecule has 0 saturated carbocycles. The zero-order chi connectivity index (χ0) is 22.3. The van der Waals surface area contributed by atoms with Gasteiger partial charge in [0.05, 0.1) is 0 Å². The van der Waals surface area contributed by atoms with Gasteiger partial charge in [-0.15, -0.1) is 0 Å². The molecule has 4 rings (SSSR count). The van der Waals surface area contributed by atoms with Crippen molar-refractivity contribution in [2.24, 2.45) is 5.92 Å². The number of benzene rings is 3. The first-order valence-electron chi connectivity index (χ1n) is 11.1. The van der Waals surface area contributed by atoms with Gasteiger partial charge in [0, 0.05) is 18.0 Å². The molecule has 0 amide bonds. The van der Waals surface area contributed by atoms with Gasteiger partial charge < -0.3 is 4.74 Å².